The number of thioether (sulfide) groups is 1. The van der Waals surface area contributed by atoms with E-state index in [0.717, 1.165) is 10.6 Å². The zero-order valence-electron chi connectivity index (χ0n) is 12.5. The largest absolute Gasteiger partial charge is 0.478 e. The minimum atomic E-state index is -1.03. The second-order valence-electron chi connectivity index (χ2n) is 5.23. The normalized spacial score (nSPS) is 16.0. The third kappa shape index (κ3) is 3.57. The van der Waals surface area contributed by atoms with Gasteiger partial charge in [0, 0.05) is 17.0 Å². The van der Waals surface area contributed by atoms with Gasteiger partial charge in [0.15, 0.2) is 0 Å². The molecule has 0 saturated heterocycles. The number of rotatable bonds is 4. The molecule has 122 valence electrons. The fourth-order valence-electron chi connectivity index (χ4n) is 2.30. The molecule has 2 aromatic rings. The Kier molecular flexibility index (Phi) is 4.52. The standard InChI is InChI=1S/C17H14N2O4S/c20-15(18-11-7-5-10(6-8-11)17(22)23)9-14-16(21)19-12-3-1-2-4-13(12)24-14/h1-8,14H,9H2,(H,18,20)(H,19,21)(H,22,23)/t14-/m0/s1. The number of benzene rings is 2. The van der Waals surface area contributed by atoms with E-state index in [1.165, 1.54) is 36.0 Å². The Morgan fingerprint density at radius 3 is 2.54 bits per heavy atom. The van der Waals surface area contributed by atoms with Crippen molar-refractivity contribution >= 4 is 40.9 Å². The van der Waals surface area contributed by atoms with E-state index in [1.807, 2.05) is 24.3 Å². The molecular weight excluding hydrogens is 328 g/mol. The Bertz CT molecular complexity index is 804. The van der Waals surface area contributed by atoms with E-state index in [0.29, 0.717) is 5.69 Å². The molecule has 0 radical (unpaired) electrons. The molecule has 24 heavy (non-hydrogen) atoms. The highest BCUT2D eigenvalue weighted by molar-refractivity contribution is 8.01. The molecule has 0 spiro atoms. The van der Waals surface area contributed by atoms with Crippen LogP contribution in [0.25, 0.3) is 0 Å². The first-order valence-electron chi connectivity index (χ1n) is 7.22. The van der Waals surface area contributed by atoms with Crippen LogP contribution in [0, 0.1) is 0 Å². The number of carbonyl (C=O) groups excluding carboxylic acids is 2. The van der Waals surface area contributed by atoms with Gasteiger partial charge in [0.2, 0.25) is 11.8 Å². The summed E-state index contributed by atoms with van der Waals surface area (Å²) in [6.07, 6.45) is 0.0333. The van der Waals surface area contributed by atoms with Crippen molar-refractivity contribution in [2.24, 2.45) is 0 Å². The topological polar surface area (TPSA) is 95.5 Å². The summed E-state index contributed by atoms with van der Waals surface area (Å²) >= 11 is 1.36. The highest BCUT2D eigenvalue weighted by Crippen LogP contribution is 2.36. The number of fused-ring (bicyclic) bond motifs is 1. The molecule has 1 aliphatic rings. The molecule has 0 aromatic heterocycles. The lowest BCUT2D eigenvalue weighted by atomic mass is 10.2. The van der Waals surface area contributed by atoms with Gasteiger partial charge in [0.25, 0.3) is 0 Å². The summed E-state index contributed by atoms with van der Waals surface area (Å²) in [6.45, 7) is 0. The van der Waals surface area contributed by atoms with Crippen molar-refractivity contribution in [1.29, 1.82) is 0 Å². The van der Waals surface area contributed by atoms with Crippen LogP contribution in [0.1, 0.15) is 16.8 Å². The SMILES string of the molecule is O=C(C[C@@H]1Sc2ccccc2NC1=O)Nc1ccc(C(=O)O)cc1. The van der Waals surface area contributed by atoms with Gasteiger partial charge in [0.1, 0.15) is 0 Å². The van der Waals surface area contributed by atoms with Crippen LogP contribution in [0.5, 0.6) is 0 Å². The van der Waals surface area contributed by atoms with Crippen LogP contribution in [0.3, 0.4) is 0 Å². The van der Waals surface area contributed by atoms with Crippen LogP contribution >= 0.6 is 11.8 Å². The maximum Gasteiger partial charge on any atom is 0.335 e. The van der Waals surface area contributed by atoms with Gasteiger partial charge in [0.05, 0.1) is 16.5 Å². The second-order valence-corrected chi connectivity index (χ2v) is 6.47. The van der Waals surface area contributed by atoms with Gasteiger partial charge in [-0.15, -0.1) is 11.8 Å². The van der Waals surface area contributed by atoms with Crippen molar-refractivity contribution in [1.82, 2.24) is 0 Å². The molecule has 2 aromatic carbocycles. The quantitative estimate of drug-likeness (QED) is 0.794. The number of para-hydroxylation sites is 1. The fourth-order valence-corrected chi connectivity index (χ4v) is 3.41. The summed E-state index contributed by atoms with van der Waals surface area (Å²) in [7, 11) is 0. The molecule has 6 nitrogen and oxygen atoms in total. The summed E-state index contributed by atoms with van der Waals surface area (Å²) in [4.78, 5) is 36.0. The number of carboxylic acids is 1. The lowest BCUT2D eigenvalue weighted by Gasteiger charge is -2.23. The first-order chi connectivity index (χ1) is 11.5. The third-order valence-electron chi connectivity index (χ3n) is 3.49. The molecule has 0 aliphatic carbocycles. The molecule has 1 heterocycles. The number of amides is 2. The smallest absolute Gasteiger partial charge is 0.335 e. The van der Waals surface area contributed by atoms with Gasteiger partial charge in [-0.3, -0.25) is 9.59 Å². The van der Waals surface area contributed by atoms with E-state index in [9.17, 15) is 14.4 Å². The molecule has 7 heteroatoms. The summed E-state index contributed by atoms with van der Waals surface area (Å²) in [6, 6.07) is 13.3. The maximum atomic E-state index is 12.1. The monoisotopic (exact) mass is 342 g/mol. The minimum absolute atomic E-state index is 0.0333. The first-order valence-corrected chi connectivity index (χ1v) is 8.10. The Hall–Kier alpha value is -2.80. The number of aromatic carboxylic acids is 1. The molecule has 1 atom stereocenters. The first kappa shape index (κ1) is 16.1. The van der Waals surface area contributed by atoms with Gasteiger partial charge in [-0.1, -0.05) is 12.1 Å². The van der Waals surface area contributed by atoms with Gasteiger partial charge in [-0.2, -0.15) is 0 Å². The van der Waals surface area contributed by atoms with Gasteiger partial charge >= 0.3 is 5.97 Å². The Labute approximate surface area is 142 Å². The van der Waals surface area contributed by atoms with Crippen molar-refractivity contribution in [2.75, 3.05) is 10.6 Å². The zero-order chi connectivity index (χ0) is 17.1. The van der Waals surface area contributed by atoms with E-state index in [-0.39, 0.29) is 23.8 Å². The Morgan fingerprint density at radius 2 is 1.83 bits per heavy atom. The molecule has 0 unspecified atom stereocenters. The summed E-state index contributed by atoms with van der Waals surface area (Å²) in [5, 5.41) is 13.8. The lowest BCUT2D eigenvalue weighted by molar-refractivity contribution is -0.120. The van der Waals surface area contributed by atoms with Gasteiger partial charge in [-0.05, 0) is 36.4 Å². The third-order valence-corrected chi connectivity index (χ3v) is 4.77. The zero-order valence-corrected chi connectivity index (χ0v) is 13.3. The number of anilines is 2. The van der Waals surface area contributed by atoms with Crippen molar-refractivity contribution in [2.45, 2.75) is 16.6 Å². The molecule has 1 aliphatic heterocycles. The number of nitrogens with one attached hydrogen (secondary N) is 2. The number of carbonyl (C=O) groups is 3. The number of hydrogen-bond acceptors (Lipinski definition) is 4. The van der Waals surface area contributed by atoms with Gasteiger partial charge < -0.3 is 15.7 Å². The minimum Gasteiger partial charge on any atom is -0.478 e. The Balaban J connectivity index is 1.63. The molecule has 2 amide bonds. The summed E-state index contributed by atoms with van der Waals surface area (Å²) in [5.74, 6) is -1.53. The van der Waals surface area contributed by atoms with Crippen LogP contribution in [-0.2, 0) is 9.59 Å². The fraction of sp³-hybridized carbons (Fsp3) is 0.118. The molecule has 0 bridgehead atoms. The molecule has 3 rings (SSSR count). The number of hydrogen-bond donors (Lipinski definition) is 3. The predicted octanol–water partition coefficient (Wildman–Crippen LogP) is 2.83. The van der Waals surface area contributed by atoms with E-state index < -0.39 is 11.2 Å². The van der Waals surface area contributed by atoms with Crippen molar-refractivity contribution in [3.63, 3.8) is 0 Å². The molecule has 0 saturated carbocycles. The van der Waals surface area contributed by atoms with Crippen LogP contribution < -0.4 is 10.6 Å². The summed E-state index contributed by atoms with van der Waals surface area (Å²) in [5.41, 5.74) is 1.40. The molecule has 0 fully saturated rings. The lowest BCUT2D eigenvalue weighted by Crippen LogP contribution is -2.32. The van der Waals surface area contributed by atoms with E-state index in [4.69, 9.17) is 5.11 Å². The van der Waals surface area contributed by atoms with Crippen LogP contribution in [0.4, 0.5) is 11.4 Å². The van der Waals surface area contributed by atoms with Crippen molar-refractivity contribution in [3.8, 4) is 0 Å². The van der Waals surface area contributed by atoms with E-state index in [1.54, 1.807) is 0 Å². The van der Waals surface area contributed by atoms with Crippen LogP contribution in [0.15, 0.2) is 53.4 Å². The Morgan fingerprint density at radius 1 is 1.12 bits per heavy atom. The number of carboxylic acid groups (broad SMARTS) is 1. The van der Waals surface area contributed by atoms with Crippen LogP contribution in [-0.4, -0.2) is 28.1 Å². The average Bonchev–Trinajstić information content (AvgIpc) is 2.56. The van der Waals surface area contributed by atoms with Crippen molar-refractivity contribution < 1.29 is 19.5 Å². The maximum absolute atomic E-state index is 12.1. The van der Waals surface area contributed by atoms with Gasteiger partial charge in [-0.25, -0.2) is 4.79 Å². The average molecular weight is 342 g/mol. The second kappa shape index (κ2) is 6.76. The van der Waals surface area contributed by atoms with E-state index in [2.05, 4.69) is 10.6 Å². The van der Waals surface area contributed by atoms with E-state index >= 15 is 0 Å². The highest BCUT2D eigenvalue weighted by atomic mass is 32.2. The summed E-state index contributed by atoms with van der Waals surface area (Å²) < 4.78 is 0. The van der Waals surface area contributed by atoms with Crippen LogP contribution in [0.2, 0.25) is 0 Å². The highest BCUT2D eigenvalue weighted by Gasteiger charge is 2.28. The molecular formula is C17H14N2O4S. The van der Waals surface area contributed by atoms with Crippen molar-refractivity contribution in [3.05, 3.63) is 54.1 Å². The predicted molar refractivity (Wildman–Crippen MR) is 91.4 cm³/mol. The molecule has 3 N–H and O–H groups in total.